The maximum atomic E-state index is 12.0. The monoisotopic (exact) mass is 232 g/mol. The molecule has 1 heterocycles. The molecule has 1 saturated carbocycles. The Kier molecular flexibility index (Phi) is 3.33. The van der Waals surface area contributed by atoms with Crippen molar-refractivity contribution < 1.29 is 8.42 Å². The number of hydrogen-bond acceptors (Lipinski definition) is 3. The van der Waals surface area contributed by atoms with Gasteiger partial charge in [0.2, 0.25) is 10.0 Å². The van der Waals surface area contributed by atoms with E-state index in [1.54, 1.807) is 4.31 Å². The number of nitrogens with zero attached hydrogens (tertiary/aromatic N) is 1. The topological polar surface area (TPSA) is 49.4 Å². The quantitative estimate of drug-likeness (QED) is 0.770. The van der Waals surface area contributed by atoms with Crippen LogP contribution in [-0.2, 0) is 10.0 Å². The van der Waals surface area contributed by atoms with E-state index in [9.17, 15) is 8.42 Å². The van der Waals surface area contributed by atoms with Crippen LogP contribution in [0.25, 0.3) is 0 Å². The van der Waals surface area contributed by atoms with Gasteiger partial charge in [0, 0.05) is 19.1 Å². The molecule has 5 heteroatoms. The number of likely N-dealkylation sites (N-methyl/N-ethyl adjacent to an activating group) is 1. The molecule has 2 fully saturated rings. The molecule has 1 N–H and O–H groups in total. The molecule has 15 heavy (non-hydrogen) atoms. The molecular formula is C10H20N2O2S. The summed E-state index contributed by atoms with van der Waals surface area (Å²) in [4.78, 5) is 0. The summed E-state index contributed by atoms with van der Waals surface area (Å²) in [7, 11) is -2.95. The molecule has 2 rings (SSSR count). The van der Waals surface area contributed by atoms with Gasteiger partial charge >= 0.3 is 0 Å². The van der Waals surface area contributed by atoms with E-state index in [2.05, 4.69) is 12.2 Å². The van der Waals surface area contributed by atoms with Crippen molar-refractivity contribution >= 4 is 10.0 Å². The Morgan fingerprint density at radius 2 is 2.07 bits per heavy atom. The molecule has 0 bridgehead atoms. The summed E-state index contributed by atoms with van der Waals surface area (Å²) in [6, 6.07) is 0.359. The third kappa shape index (κ3) is 2.52. The van der Waals surface area contributed by atoms with Crippen LogP contribution in [0.4, 0.5) is 0 Å². The SMILES string of the molecule is CCNC1CCCN(S(=O)(=O)C2CC2)C1. The van der Waals surface area contributed by atoms with Crippen molar-refractivity contribution in [3.8, 4) is 0 Å². The minimum absolute atomic E-state index is 0.0575. The molecule has 0 aromatic carbocycles. The zero-order valence-corrected chi connectivity index (χ0v) is 10.1. The van der Waals surface area contributed by atoms with Crippen LogP contribution in [0.2, 0.25) is 0 Å². The van der Waals surface area contributed by atoms with Crippen molar-refractivity contribution in [3.05, 3.63) is 0 Å². The van der Waals surface area contributed by atoms with Crippen LogP contribution in [0.5, 0.6) is 0 Å². The molecule has 88 valence electrons. The first-order valence-electron chi connectivity index (χ1n) is 5.87. The van der Waals surface area contributed by atoms with Crippen LogP contribution in [0, 0.1) is 0 Å². The Morgan fingerprint density at radius 3 is 2.67 bits per heavy atom. The second kappa shape index (κ2) is 4.39. The van der Waals surface area contributed by atoms with Crippen LogP contribution in [0.1, 0.15) is 32.6 Å². The smallest absolute Gasteiger partial charge is 0.217 e. The fourth-order valence-corrected chi connectivity index (χ4v) is 4.13. The standard InChI is InChI=1S/C10H20N2O2S/c1-2-11-9-4-3-7-12(8-9)15(13,14)10-5-6-10/h9-11H,2-8H2,1H3. The minimum Gasteiger partial charge on any atom is -0.313 e. The highest BCUT2D eigenvalue weighted by molar-refractivity contribution is 7.90. The summed E-state index contributed by atoms with van der Waals surface area (Å²) in [6.45, 7) is 4.38. The molecule has 0 radical (unpaired) electrons. The largest absolute Gasteiger partial charge is 0.313 e. The fraction of sp³-hybridized carbons (Fsp3) is 1.00. The lowest BCUT2D eigenvalue weighted by atomic mass is 10.1. The molecule has 0 amide bonds. The van der Waals surface area contributed by atoms with Crippen LogP contribution >= 0.6 is 0 Å². The molecule has 0 aromatic heterocycles. The third-order valence-electron chi connectivity index (χ3n) is 3.18. The average Bonchev–Trinajstić information content (AvgIpc) is 3.02. The molecule has 0 aromatic rings. The van der Waals surface area contributed by atoms with Gasteiger partial charge < -0.3 is 5.32 Å². The average molecular weight is 232 g/mol. The molecular weight excluding hydrogens is 212 g/mol. The summed E-state index contributed by atoms with van der Waals surface area (Å²) in [5, 5.41) is 3.28. The fourth-order valence-electron chi connectivity index (χ4n) is 2.21. The predicted octanol–water partition coefficient (Wildman–Crippen LogP) is 0.552. The highest BCUT2D eigenvalue weighted by atomic mass is 32.2. The van der Waals surface area contributed by atoms with Crippen LogP contribution < -0.4 is 5.32 Å². The minimum atomic E-state index is -2.95. The first-order valence-corrected chi connectivity index (χ1v) is 7.37. The van der Waals surface area contributed by atoms with Crippen molar-refractivity contribution in [1.29, 1.82) is 0 Å². The number of piperidine rings is 1. The van der Waals surface area contributed by atoms with Gasteiger partial charge in [0.25, 0.3) is 0 Å². The Morgan fingerprint density at radius 1 is 1.33 bits per heavy atom. The summed E-state index contributed by atoms with van der Waals surface area (Å²) >= 11 is 0. The molecule has 1 saturated heterocycles. The molecule has 0 spiro atoms. The first-order chi connectivity index (χ1) is 7.14. The Bertz CT molecular complexity index is 309. The normalized spacial score (nSPS) is 29.3. The van der Waals surface area contributed by atoms with Crippen LogP contribution in [0.3, 0.4) is 0 Å². The Labute approximate surface area is 92.1 Å². The Balaban J connectivity index is 1.97. The van der Waals surface area contributed by atoms with Gasteiger partial charge in [-0.15, -0.1) is 0 Å². The summed E-state index contributed by atoms with van der Waals surface area (Å²) in [5.74, 6) is 0. The van der Waals surface area contributed by atoms with E-state index in [0.29, 0.717) is 12.6 Å². The van der Waals surface area contributed by atoms with Gasteiger partial charge in [-0.25, -0.2) is 12.7 Å². The lowest BCUT2D eigenvalue weighted by molar-refractivity contribution is 0.286. The Hall–Kier alpha value is -0.130. The third-order valence-corrected chi connectivity index (χ3v) is 5.55. The molecule has 1 aliphatic carbocycles. The van der Waals surface area contributed by atoms with E-state index in [4.69, 9.17) is 0 Å². The molecule has 1 atom stereocenters. The van der Waals surface area contributed by atoms with E-state index in [1.165, 1.54) is 0 Å². The summed E-state index contributed by atoms with van der Waals surface area (Å²) in [5.41, 5.74) is 0. The number of rotatable bonds is 4. The van der Waals surface area contributed by atoms with E-state index in [1.807, 2.05) is 0 Å². The highest BCUT2D eigenvalue weighted by Crippen LogP contribution is 2.32. The van der Waals surface area contributed by atoms with Gasteiger partial charge in [0.1, 0.15) is 0 Å². The number of sulfonamides is 1. The van der Waals surface area contributed by atoms with Crippen LogP contribution in [-0.4, -0.2) is 43.6 Å². The predicted molar refractivity (Wildman–Crippen MR) is 60.2 cm³/mol. The molecule has 2 aliphatic rings. The van der Waals surface area contributed by atoms with Crippen molar-refractivity contribution in [2.75, 3.05) is 19.6 Å². The first kappa shape index (κ1) is 11.4. The molecule has 1 unspecified atom stereocenters. The van der Waals surface area contributed by atoms with Gasteiger partial charge in [0.15, 0.2) is 0 Å². The van der Waals surface area contributed by atoms with Crippen LogP contribution in [0.15, 0.2) is 0 Å². The molecule has 4 nitrogen and oxygen atoms in total. The summed E-state index contributed by atoms with van der Waals surface area (Å²) < 4.78 is 25.7. The van der Waals surface area contributed by atoms with Gasteiger partial charge in [-0.1, -0.05) is 6.92 Å². The van der Waals surface area contributed by atoms with Crippen molar-refractivity contribution in [2.45, 2.75) is 43.9 Å². The maximum absolute atomic E-state index is 12.0. The lowest BCUT2D eigenvalue weighted by Crippen LogP contribution is -2.48. The lowest BCUT2D eigenvalue weighted by Gasteiger charge is -2.32. The van der Waals surface area contributed by atoms with Gasteiger partial charge in [-0.05, 0) is 32.2 Å². The second-order valence-corrected chi connectivity index (χ2v) is 6.71. The van der Waals surface area contributed by atoms with Gasteiger partial charge in [0.05, 0.1) is 5.25 Å². The van der Waals surface area contributed by atoms with E-state index >= 15 is 0 Å². The summed E-state index contributed by atoms with van der Waals surface area (Å²) in [6.07, 6.45) is 3.82. The van der Waals surface area contributed by atoms with E-state index < -0.39 is 10.0 Å². The second-order valence-electron chi connectivity index (χ2n) is 4.50. The van der Waals surface area contributed by atoms with Crippen molar-refractivity contribution in [1.82, 2.24) is 9.62 Å². The maximum Gasteiger partial charge on any atom is 0.217 e. The zero-order chi connectivity index (χ0) is 10.9. The van der Waals surface area contributed by atoms with Crippen molar-refractivity contribution in [3.63, 3.8) is 0 Å². The highest BCUT2D eigenvalue weighted by Gasteiger charge is 2.41. The number of hydrogen-bond donors (Lipinski definition) is 1. The zero-order valence-electron chi connectivity index (χ0n) is 9.28. The van der Waals surface area contributed by atoms with Gasteiger partial charge in [-0.3, -0.25) is 0 Å². The van der Waals surface area contributed by atoms with E-state index in [0.717, 1.165) is 38.8 Å². The van der Waals surface area contributed by atoms with Gasteiger partial charge in [-0.2, -0.15) is 0 Å². The molecule has 1 aliphatic heterocycles. The van der Waals surface area contributed by atoms with E-state index in [-0.39, 0.29) is 5.25 Å². The number of nitrogens with one attached hydrogen (secondary N) is 1. The van der Waals surface area contributed by atoms with Crippen molar-refractivity contribution in [2.24, 2.45) is 0 Å².